The van der Waals surface area contributed by atoms with Crippen LogP contribution in [0.15, 0.2) is 72.8 Å². The largest absolute Gasteiger partial charge is 0.465 e. The lowest BCUT2D eigenvalue weighted by Crippen LogP contribution is -2.08. The molecule has 0 unspecified atom stereocenters. The molecule has 3 aromatic carbocycles. The third-order valence-electron chi connectivity index (χ3n) is 3.81. The quantitative estimate of drug-likeness (QED) is 0.573. The van der Waals surface area contributed by atoms with Gasteiger partial charge in [-0.15, -0.1) is 0 Å². The minimum Gasteiger partial charge on any atom is -0.465 e. The second-order valence-electron chi connectivity index (χ2n) is 5.46. The van der Waals surface area contributed by atoms with Gasteiger partial charge in [-0.3, -0.25) is 4.79 Å². The number of anilines is 1. The highest BCUT2D eigenvalue weighted by Gasteiger charge is 2.05. The number of hydrogen-bond donors (Lipinski definition) is 1. The van der Waals surface area contributed by atoms with Crippen LogP contribution >= 0.6 is 0 Å². The van der Waals surface area contributed by atoms with Crippen molar-refractivity contribution in [3.8, 4) is 0 Å². The van der Waals surface area contributed by atoms with E-state index >= 15 is 0 Å². The number of amides is 1. The van der Waals surface area contributed by atoms with Crippen molar-refractivity contribution in [2.24, 2.45) is 0 Å². The molecule has 0 saturated heterocycles. The number of rotatable bonds is 4. The SMILES string of the molecule is COC(=O)c1ccc(NC(=O)/C=C\c2cccc3ccccc23)cc1. The zero-order valence-corrected chi connectivity index (χ0v) is 13.7. The van der Waals surface area contributed by atoms with Gasteiger partial charge in [0.15, 0.2) is 0 Å². The third-order valence-corrected chi connectivity index (χ3v) is 3.81. The molecule has 25 heavy (non-hydrogen) atoms. The zero-order chi connectivity index (χ0) is 17.6. The summed E-state index contributed by atoms with van der Waals surface area (Å²) in [5, 5.41) is 4.99. The molecule has 124 valence electrons. The summed E-state index contributed by atoms with van der Waals surface area (Å²) >= 11 is 0. The van der Waals surface area contributed by atoms with Gasteiger partial charge in [-0.2, -0.15) is 0 Å². The standard InChI is InChI=1S/C21H17NO3/c1-25-21(24)17-9-12-18(13-10-17)22-20(23)14-11-16-7-4-6-15-5-2-3-8-19(15)16/h2-14H,1H3,(H,22,23)/b14-11-. The number of nitrogens with one attached hydrogen (secondary N) is 1. The van der Waals surface area contributed by atoms with Gasteiger partial charge in [0.1, 0.15) is 0 Å². The van der Waals surface area contributed by atoms with Gasteiger partial charge in [-0.1, -0.05) is 42.5 Å². The number of hydrogen-bond acceptors (Lipinski definition) is 3. The van der Waals surface area contributed by atoms with Gasteiger partial charge in [0.05, 0.1) is 12.7 Å². The van der Waals surface area contributed by atoms with Crippen LogP contribution < -0.4 is 5.32 Å². The molecule has 0 aliphatic heterocycles. The second-order valence-corrected chi connectivity index (χ2v) is 5.46. The van der Waals surface area contributed by atoms with Crippen LogP contribution in [-0.2, 0) is 9.53 Å². The molecule has 0 radical (unpaired) electrons. The highest BCUT2D eigenvalue weighted by molar-refractivity contribution is 6.03. The minimum absolute atomic E-state index is 0.237. The normalized spacial score (nSPS) is 10.8. The van der Waals surface area contributed by atoms with Crippen LogP contribution in [0.1, 0.15) is 15.9 Å². The molecule has 0 aromatic heterocycles. The molecule has 0 atom stereocenters. The zero-order valence-electron chi connectivity index (χ0n) is 13.7. The number of fused-ring (bicyclic) bond motifs is 1. The van der Waals surface area contributed by atoms with Crippen molar-refractivity contribution in [2.75, 3.05) is 12.4 Å². The van der Waals surface area contributed by atoms with E-state index in [9.17, 15) is 9.59 Å². The van der Waals surface area contributed by atoms with Gasteiger partial charge < -0.3 is 10.1 Å². The first kappa shape index (κ1) is 16.5. The maximum absolute atomic E-state index is 12.1. The molecule has 4 heteroatoms. The molecular weight excluding hydrogens is 314 g/mol. The summed E-state index contributed by atoms with van der Waals surface area (Å²) in [4.78, 5) is 23.5. The monoisotopic (exact) mass is 331 g/mol. The topological polar surface area (TPSA) is 55.4 Å². The van der Waals surface area contributed by atoms with Crippen LogP contribution in [0.3, 0.4) is 0 Å². The molecule has 1 N–H and O–H groups in total. The highest BCUT2D eigenvalue weighted by atomic mass is 16.5. The summed E-state index contributed by atoms with van der Waals surface area (Å²) in [5.41, 5.74) is 2.03. The molecule has 0 aliphatic carbocycles. The Morgan fingerprint density at radius 2 is 1.64 bits per heavy atom. The molecule has 0 bridgehead atoms. The number of carbonyl (C=O) groups excluding carboxylic acids is 2. The van der Waals surface area contributed by atoms with Gasteiger partial charge in [-0.05, 0) is 46.7 Å². The van der Waals surface area contributed by atoms with E-state index in [-0.39, 0.29) is 5.91 Å². The second kappa shape index (κ2) is 7.45. The summed E-state index contributed by atoms with van der Waals surface area (Å²) < 4.78 is 4.64. The van der Waals surface area contributed by atoms with E-state index in [1.165, 1.54) is 13.2 Å². The Bertz CT molecular complexity index is 938. The lowest BCUT2D eigenvalue weighted by atomic mass is 10.0. The highest BCUT2D eigenvalue weighted by Crippen LogP contribution is 2.19. The van der Waals surface area contributed by atoms with E-state index in [0.717, 1.165) is 16.3 Å². The Hall–Kier alpha value is -3.40. The summed E-state index contributed by atoms with van der Waals surface area (Å²) in [6, 6.07) is 20.5. The van der Waals surface area contributed by atoms with Crippen molar-refractivity contribution >= 4 is 34.4 Å². The lowest BCUT2D eigenvalue weighted by molar-refractivity contribution is -0.111. The molecule has 3 rings (SSSR count). The number of methoxy groups -OCH3 is 1. The molecule has 0 heterocycles. The van der Waals surface area contributed by atoms with Crippen LogP contribution in [0.5, 0.6) is 0 Å². The van der Waals surface area contributed by atoms with Gasteiger partial charge in [-0.25, -0.2) is 4.79 Å². The fourth-order valence-corrected chi connectivity index (χ4v) is 2.55. The van der Waals surface area contributed by atoms with Crippen LogP contribution in [0.25, 0.3) is 16.8 Å². The number of carbonyl (C=O) groups is 2. The Morgan fingerprint density at radius 3 is 2.40 bits per heavy atom. The number of esters is 1. The fourth-order valence-electron chi connectivity index (χ4n) is 2.55. The average Bonchev–Trinajstić information content (AvgIpc) is 2.66. The average molecular weight is 331 g/mol. The van der Waals surface area contributed by atoms with Crippen molar-refractivity contribution in [3.63, 3.8) is 0 Å². The smallest absolute Gasteiger partial charge is 0.337 e. The fraction of sp³-hybridized carbons (Fsp3) is 0.0476. The maximum atomic E-state index is 12.1. The van der Waals surface area contributed by atoms with E-state index in [0.29, 0.717) is 11.3 Å². The lowest BCUT2D eigenvalue weighted by Gasteiger charge is -2.04. The van der Waals surface area contributed by atoms with Gasteiger partial charge in [0, 0.05) is 11.8 Å². The number of benzene rings is 3. The van der Waals surface area contributed by atoms with Crippen molar-refractivity contribution in [1.82, 2.24) is 0 Å². The molecule has 4 nitrogen and oxygen atoms in total. The molecule has 3 aromatic rings. The van der Waals surface area contributed by atoms with E-state index in [2.05, 4.69) is 10.1 Å². The van der Waals surface area contributed by atoms with Crippen LogP contribution in [0.2, 0.25) is 0 Å². The first-order valence-electron chi connectivity index (χ1n) is 7.82. The van der Waals surface area contributed by atoms with E-state index in [4.69, 9.17) is 0 Å². The Balaban J connectivity index is 1.71. The van der Waals surface area contributed by atoms with E-state index in [1.807, 2.05) is 42.5 Å². The number of ether oxygens (including phenoxy) is 1. The van der Waals surface area contributed by atoms with E-state index in [1.54, 1.807) is 30.3 Å². The minimum atomic E-state index is -0.409. The van der Waals surface area contributed by atoms with Crippen LogP contribution in [0.4, 0.5) is 5.69 Å². The Kier molecular flexibility index (Phi) is 4.90. The van der Waals surface area contributed by atoms with Gasteiger partial charge in [0.25, 0.3) is 0 Å². The molecule has 0 saturated carbocycles. The van der Waals surface area contributed by atoms with Crippen LogP contribution in [-0.4, -0.2) is 19.0 Å². The van der Waals surface area contributed by atoms with Crippen molar-refractivity contribution in [3.05, 3.63) is 83.9 Å². The first-order valence-corrected chi connectivity index (χ1v) is 7.82. The maximum Gasteiger partial charge on any atom is 0.337 e. The third kappa shape index (κ3) is 3.93. The molecule has 0 aliphatic rings. The van der Waals surface area contributed by atoms with Gasteiger partial charge in [0.2, 0.25) is 5.91 Å². The predicted molar refractivity (Wildman–Crippen MR) is 99.4 cm³/mol. The van der Waals surface area contributed by atoms with Crippen molar-refractivity contribution in [1.29, 1.82) is 0 Å². The summed E-state index contributed by atoms with van der Waals surface area (Å²) in [6.07, 6.45) is 3.29. The Labute approximate surface area is 145 Å². The molecule has 0 fully saturated rings. The summed E-state index contributed by atoms with van der Waals surface area (Å²) in [5.74, 6) is -0.646. The molecule has 0 spiro atoms. The van der Waals surface area contributed by atoms with Gasteiger partial charge >= 0.3 is 5.97 Å². The summed E-state index contributed by atoms with van der Waals surface area (Å²) in [6.45, 7) is 0. The molecular formula is C21H17NO3. The van der Waals surface area contributed by atoms with Crippen molar-refractivity contribution < 1.29 is 14.3 Å². The Morgan fingerprint density at radius 1 is 0.920 bits per heavy atom. The van der Waals surface area contributed by atoms with Crippen molar-refractivity contribution in [2.45, 2.75) is 0 Å². The van der Waals surface area contributed by atoms with Crippen LogP contribution in [0, 0.1) is 0 Å². The predicted octanol–water partition coefficient (Wildman–Crippen LogP) is 4.28. The van der Waals surface area contributed by atoms with E-state index < -0.39 is 5.97 Å². The molecule has 1 amide bonds. The first-order chi connectivity index (χ1) is 12.2. The summed E-state index contributed by atoms with van der Waals surface area (Å²) in [7, 11) is 1.33.